The summed E-state index contributed by atoms with van der Waals surface area (Å²) >= 11 is 7.46. The molecule has 1 N–H and O–H groups in total. The quantitative estimate of drug-likeness (QED) is 0.384. The molecule has 0 radical (unpaired) electrons. The number of hydrogen-bond donors (Lipinski definition) is 1. The highest BCUT2D eigenvalue weighted by molar-refractivity contribution is 7.99. The number of anilines is 1. The fourth-order valence-corrected chi connectivity index (χ4v) is 3.95. The van der Waals surface area contributed by atoms with Crippen LogP contribution in [0.15, 0.2) is 47.6 Å². The number of ether oxygens (including phenoxy) is 1. The highest BCUT2D eigenvalue weighted by Crippen LogP contribution is 2.27. The lowest BCUT2D eigenvalue weighted by atomic mass is 10.1. The average molecular weight is 459 g/mol. The minimum absolute atomic E-state index is 0.117. The molecule has 0 fully saturated rings. The third kappa shape index (κ3) is 5.45. The molecule has 0 saturated heterocycles. The molecule has 0 unspecified atom stereocenters. The van der Waals surface area contributed by atoms with E-state index >= 15 is 0 Å². The van der Waals surface area contributed by atoms with Crippen LogP contribution >= 0.6 is 23.4 Å². The number of hydrogen-bond acceptors (Lipinski definition) is 6. The van der Waals surface area contributed by atoms with Gasteiger partial charge in [-0.05, 0) is 44.5 Å². The van der Waals surface area contributed by atoms with Crippen LogP contribution in [0, 0.1) is 6.92 Å². The smallest absolute Gasteiger partial charge is 0.338 e. The van der Waals surface area contributed by atoms with Gasteiger partial charge in [-0.25, -0.2) is 4.79 Å². The van der Waals surface area contributed by atoms with Crippen molar-refractivity contribution in [3.05, 3.63) is 58.6 Å². The first-order valence-corrected chi connectivity index (χ1v) is 11.2. The van der Waals surface area contributed by atoms with E-state index in [-0.39, 0.29) is 18.3 Å². The summed E-state index contributed by atoms with van der Waals surface area (Å²) in [6.45, 7) is 6.71. The van der Waals surface area contributed by atoms with Gasteiger partial charge in [0.15, 0.2) is 11.0 Å². The lowest BCUT2D eigenvalue weighted by molar-refractivity contribution is -0.113. The van der Waals surface area contributed by atoms with Crippen molar-refractivity contribution < 1.29 is 14.3 Å². The molecule has 7 nitrogen and oxygen atoms in total. The molecule has 9 heteroatoms. The van der Waals surface area contributed by atoms with Gasteiger partial charge in [-0.2, -0.15) is 0 Å². The van der Waals surface area contributed by atoms with Gasteiger partial charge in [0.25, 0.3) is 0 Å². The van der Waals surface area contributed by atoms with E-state index in [1.807, 2.05) is 42.7 Å². The van der Waals surface area contributed by atoms with Crippen LogP contribution in [0.2, 0.25) is 5.02 Å². The van der Waals surface area contributed by atoms with Gasteiger partial charge in [0, 0.05) is 12.1 Å². The maximum atomic E-state index is 12.5. The minimum atomic E-state index is -0.469. The third-order valence-electron chi connectivity index (χ3n) is 4.50. The molecule has 0 aliphatic carbocycles. The van der Waals surface area contributed by atoms with Crippen molar-refractivity contribution in [1.82, 2.24) is 14.8 Å². The second-order valence-electron chi connectivity index (χ2n) is 6.62. The average Bonchev–Trinajstić information content (AvgIpc) is 3.17. The van der Waals surface area contributed by atoms with Gasteiger partial charge < -0.3 is 14.6 Å². The number of rotatable bonds is 8. The number of amides is 1. The van der Waals surface area contributed by atoms with Crippen molar-refractivity contribution in [1.29, 1.82) is 0 Å². The van der Waals surface area contributed by atoms with Crippen LogP contribution in [0.25, 0.3) is 11.4 Å². The molecule has 162 valence electrons. The Hall–Kier alpha value is -2.84. The lowest BCUT2D eigenvalue weighted by Crippen LogP contribution is -2.15. The molecule has 0 spiro atoms. The molecule has 0 atom stereocenters. The van der Waals surface area contributed by atoms with Crippen LogP contribution < -0.4 is 5.32 Å². The zero-order valence-corrected chi connectivity index (χ0v) is 19.1. The number of thioether (sulfide) groups is 1. The van der Waals surface area contributed by atoms with Crippen molar-refractivity contribution in [2.45, 2.75) is 32.5 Å². The number of carbonyl (C=O) groups is 2. The molecule has 1 aromatic heterocycles. The molecule has 3 aromatic rings. The number of nitrogens with one attached hydrogen (secondary N) is 1. The molecular weight excluding hydrogens is 436 g/mol. The van der Waals surface area contributed by atoms with E-state index in [4.69, 9.17) is 16.3 Å². The molecule has 2 aromatic carbocycles. The van der Waals surface area contributed by atoms with Crippen LogP contribution in [0.3, 0.4) is 0 Å². The Balaban J connectivity index is 1.70. The van der Waals surface area contributed by atoms with Gasteiger partial charge in [0.2, 0.25) is 5.91 Å². The predicted molar refractivity (Wildman–Crippen MR) is 123 cm³/mol. The molecule has 0 aliphatic heterocycles. The van der Waals surface area contributed by atoms with Crippen LogP contribution in [0.4, 0.5) is 5.69 Å². The summed E-state index contributed by atoms with van der Waals surface area (Å²) in [6, 6.07) is 12.6. The number of esters is 1. The number of carbonyl (C=O) groups excluding carboxylic acids is 2. The normalized spacial score (nSPS) is 10.7. The van der Waals surface area contributed by atoms with E-state index in [2.05, 4.69) is 15.5 Å². The maximum absolute atomic E-state index is 12.5. The molecular formula is C22H23ClN4O3S. The Morgan fingerprint density at radius 2 is 1.94 bits per heavy atom. The van der Waals surface area contributed by atoms with Crippen molar-refractivity contribution in [3.63, 3.8) is 0 Å². The number of aromatic nitrogens is 3. The van der Waals surface area contributed by atoms with E-state index < -0.39 is 5.97 Å². The second-order valence-corrected chi connectivity index (χ2v) is 7.97. The van der Waals surface area contributed by atoms with Crippen molar-refractivity contribution in [2.75, 3.05) is 17.7 Å². The summed E-state index contributed by atoms with van der Waals surface area (Å²) in [5.41, 5.74) is 2.80. The number of nitrogens with zero attached hydrogens (tertiary/aromatic N) is 3. The topological polar surface area (TPSA) is 86.1 Å². The number of benzene rings is 2. The highest BCUT2D eigenvalue weighted by atomic mass is 35.5. The van der Waals surface area contributed by atoms with Gasteiger partial charge in [-0.1, -0.05) is 47.6 Å². The first-order chi connectivity index (χ1) is 14.9. The van der Waals surface area contributed by atoms with E-state index in [0.717, 1.165) is 17.0 Å². The van der Waals surface area contributed by atoms with E-state index in [1.54, 1.807) is 19.1 Å². The number of aryl methyl sites for hydroxylation is 1. The highest BCUT2D eigenvalue weighted by Gasteiger charge is 2.17. The number of halogens is 1. The standard InChI is InChI=1S/C22H23ClN4O3S/c1-4-27-20(16-9-7-6-8-14(16)3)25-26-22(27)31-13-19(28)24-18-12-15(10-11-17(18)23)21(29)30-5-2/h6-12H,4-5,13H2,1-3H3,(H,24,28). The molecule has 0 saturated carbocycles. The van der Waals surface area contributed by atoms with Gasteiger partial charge in [-0.15, -0.1) is 10.2 Å². The molecule has 1 heterocycles. The summed E-state index contributed by atoms with van der Waals surface area (Å²) in [5.74, 6) is 0.153. The summed E-state index contributed by atoms with van der Waals surface area (Å²) in [7, 11) is 0. The minimum Gasteiger partial charge on any atom is -0.462 e. The SMILES string of the molecule is CCOC(=O)c1ccc(Cl)c(NC(=O)CSc2nnc(-c3ccccc3C)n2CC)c1. The monoisotopic (exact) mass is 458 g/mol. The Bertz CT molecular complexity index is 1100. The van der Waals surface area contributed by atoms with Crippen LogP contribution in [0.1, 0.15) is 29.8 Å². The van der Waals surface area contributed by atoms with Gasteiger partial charge in [0.1, 0.15) is 0 Å². The second kappa shape index (κ2) is 10.5. The van der Waals surface area contributed by atoms with Crippen molar-refractivity contribution in [2.24, 2.45) is 0 Å². The van der Waals surface area contributed by atoms with Gasteiger partial charge in [-0.3, -0.25) is 4.79 Å². The Morgan fingerprint density at radius 3 is 2.65 bits per heavy atom. The Labute approximate surface area is 190 Å². The van der Waals surface area contributed by atoms with Crippen molar-refractivity contribution >= 4 is 40.9 Å². The molecule has 3 rings (SSSR count). The summed E-state index contributed by atoms with van der Waals surface area (Å²) in [5, 5.41) is 12.3. The Morgan fingerprint density at radius 1 is 1.16 bits per heavy atom. The van der Waals surface area contributed by atoms with E-state index in [9.17, 15) is 9.59 Å². The fourth-order valence-electron chi connectivity index (χ4n) is 2.98. The maximum Gasteiger partial charge on any atom is 0.338 e. The molecule has 0 bridgehead atoms. The first kappa shape index (κ1) is 22.8. The van der Waals surface area contributed by atoms with Gasteiger partial charge in [0.05, 0.1) is 28.6 Å². The molecule has 31 heavy (non-hydrogen) atoms. The van der Waals surface area contributed by atoms with E-state index in [0.29, 0.717) is 28.0 Å². The Kier molecular flexibility index (Phi) is 7.70. The zero-order valence-electron chi connectivity index (χ0n) is 17.5. The predicted octanol–water partition coefficient (Wildman–Crippen LogP) is 4.83. The van der Waals surface area contributed by atoms with Crippen LogP contribution in [0.5, 0.6) is 0 Å². The largest absolute Gasteiger partial charge is 0.462 e. The zero-order chi connectivity index (χ0) is 22.4. The van der Waals surface area contributed by atoms with Gasteiger partial charge >= 0.3 is 5.97 Å². The lowest BCUT2D eigenvalue weighted by Gasteiger charge is -2.10. The van der Waals surface area contributed by atoms with Crippen LogP contribution in [-0.4, -0.2) is 39.0 Å². The fraction of sp³-hybridized carbons (Fsp3) is 0.273. The summed E-state index contributed by atoms with van der Waals surface area (Å²) < 4.78 is 6.97. The van der Waals surface area contributed by atoms with Crippen LogP contribution in [-0.2, 0) is 16.1 Å². The molecule has 1 amide bonds. The first-order valence-electron chi connectivity index (χ1n) is 9.83. The molecule has 0 aliphatic rings. The summed E-state index contributed by atoms with van der Waals surface area (Å²) in [6.07, 6.45) is 0. The van der Waals surface area contributed by atoms with Crippen molar-refractivity contribution in [3.8, 4) is 11.4 Å². The van der Waals surface area contributed by atoms with E-state index in [1.165, 1.54) is 17.8 Å². The third-order valence-corrected chi connectivity index (χ3v) is 5.80. The summed E-state index contributed by atoms with van der Waals surface area (Å²) in [4.78, 5) is 24.4.